The fraction of sp³-hybridized carbons (Fsp3) is 0.208. The van der Waals surface area contributed by atoms with Crippen LogP contribution in [0.3, 0.4) is 0 Å². The zero-order valence-corrected chi connectivity index (χ0v) is 16.9. The molecule has 0 bridgehead atoms. The Morgan fingerprint density at radius 1 is 0.903 bits per heavy atom. The minimum atomic E-state index is -0.925. The van der Waals surface area contributed by atoms with Crippen LogP contribution in [0, 0.1) is 23.3 Å². The summed E-state index contributed by atoms with van der Waals surface area (Å²) in [6.07, 6.45) is -0.109. The Labute approximate surface area is 177 Å². The highest BCUT2D eigenvalue weighted by molar-refractivity contribution is 5.77. The molecule has 0 radical (unpaired) electrons. The number of rotatable bonds is 8. The van der Waals surface area contributed by atoms with E-state index in [1.165, 1.54) is 30.3 Å². The molecule has 7 heteroatoms. The lowest BCUT2D eigenvalue weighted by atomic mass is 9.98. The second-order valence-corrected chi connectivity index (χ2v) is 6.90. The summed E-state index contributed by atoms with van der Waals surface area (Å²) in [6, 6.07) is 12.3. The fourth-order valence-corrected chi connectivity index (χ4v) is 3.18. The summed E-state index contributed by atoms with van der Waals surface area (Å²) in [5, 5.41) is 2.51. The van der Waals surface area contributed by atoms with Crippen molar-refractivity contribution in [1.82, 2.24) is 5.32 Å². The average molecular weight is 431 g/mol. The molecule has 0 aliphatic rings. The molecule has 3 rings (SSSR count). The first-order valence-corrected chi connectivity index (χ1v) is 9.79. The molecule has 0 saturated heterocycles. The van der Waals surface area contributed by atoms with Crippen molar-refractivity contribution in [3.8, 4) is 16.9 Å². The number of carbonyl (C=O) groups excluding carboxylic acids is 1. The van der Waals surface area contributed by atoms with Gasteiger partial charge >= 0.3 is 0 Å². The molecule has 0 heterocycles. The maximum Gasteiger partial charge on any atom is 0.257 e. The predicted octanol–water partition coefficient (Wildman–Crippen LogP) is 5.21. The van der Waals surface area contributed by atoms with Gasteiger partial charge in [-0.05, 0) is 72.9 Å². The van der Waals surface area contributed by atoms with Crippen molar-refractivity contribution >= 4 is 5.91 Å². The molecule has 0 saturated carbocycles. The molecule has 3 nitrogen and oxygen atoms in total. The molecule has 3 aromatic rings. The summed E-state index contributed by atoms with van der Waals surface area (Å²) < 4.78 is 61.9. The fourth-order valence-electron chi connectivity index (χ4n) is 3.18. The first-order chi connectivity index (χ1) is 14.9. The number of benzene rings is 3. The van der Waals surface area contributed by atoms with E-state index in [0.717, 1.165) is 12.1 Å². The van der Waals surface area contributed by atoms with Crippen molar-refractivity contribution < 1.29 is 27.1 Å². The number of aryl methyl sites for hydroxylation is 1. The van der Waals surface area contributed by atoms with Crippen molar-refractivity contribution in [2.45, 2.75) is 19.8 Å². The van der Waals surface area contributed by atoms with Gasteiger partial charge in [-0.3, -0.25) is 4.79 Å². The molecule has 0 aromatic heterocycles. The molecule has 31 heavy (non-hydrogen) atoms. The summed E-state index contributed by atoms with van der Waals surface area (Å²) in [4.78, 5) is 11.5. The van der Waals surface area contributed by atoms with Gasteiger partial charge in [0.25, 0.3) is 5.91 Å². The zero-order chi connectivity index (χ0) is 22.4. The third-order valence-corrected chi connectivity index (χ3v) is 4.73. The Hall–Kier alpha value is -3.35. The summed E-state index contributed by atoms with van der Waals surface area (Å²) in [6.45, 7) is 1.73. The first-order valence-electron chi connectivity index (χ1n) is 9.79. The molecule has 3 aromatic carbocycles. The van der Waals surface area contributed by atoms with E-state index < -0.39 is 35.8 Å². The van der Waals surface area contributed by atoms with Crippen molar-refractivity contribution in [3.63, 3.8) is 0 Å². The summed E-state index contributed by atoms with van der Waals surface area (Å²) in [5.41, 5.74) is 1.15. The highest BCUT2D eigenvalue weighted by Crippen LogP contribution is 2.27. The summed E-state index contributed by atoms with van der Waals surface area (Å²) in [7, 11) is 0. The minimum absolute atomic E-state index is 0.0165. The van der Waals surface area contributed by atoms with E-state index in [2.05, 4.69) is 5.32 Å². The van der Waals surface area contributed by atoms with E-state index in [9.17, 15) is 22.4 Å². The lowest BCUT2D eigenvalue weighted by molar-refractivity contribution is -0.123. The Kier molecular flexibility index (Phi) is 7.28. The molecule has 0 spiro atoms. The summed E-state index contributed by atoms with van der Waals surface area (Å²) >= 11 is 0. The molecule has 1 amide bonds. The smallest absolute Gasteiger partial charge is 0.257 e. The predicted molar refractivity (Wildman–Crippen MR) is 110 cm³/mol. The Morgan fingerprint density at radius 3 is 2.39 bits per heavy atom. The largest absolute Gasteiger partial charge is 0.481 e. The molecular weight excluding hydrogens is 410 g/mol. The van der Waals surface area contributed by atoms with E-state index >= 15 is 0 Å². The number of halogens is 4. The van der Waals surface area contributed by atoms with Gasteiger partial charge in [-0.25, -0.2) is 17.6 Å². The number of amides is 1. The van der Waals surface area contributed by atoms with E-state index in [-0.39, 0.29) is 29.7 Å². The number of carbonyl (C=O) groups is 1. The van der Waals surface area contributed by atoms with Crippen molar-refractivity contribution in [1.29, 1.82) is 0 Å². The number of hydrogen-bond donors (Lipinski definition) is 1. The van der Waals surface area contributed by atoms with Gasteiger partial charge in [-0.15, -0.1) is 0 Å². The van der Waals surface area contributed by atoms with E-state index in [1.54, 1.807) is 19.1 Å². The lowest BCUT2D eigenvalue weighted by Gasteiger charge is -2.12. The van der Waals surface area contributed by atoms with Crippen molar-refractivity contribution in [3.05, 3.63) is 89.0 Å². The highest BCUT2D eigenvalue weighted by Gasteiger charge is 2.17. The molecule has 0 atom stereocenters. The van der Waals surface area contributed by atoms with Crippen LogP contribution < -0.4 is 10.1 Å². The van der Waals surface area contributed by atoms with Crippen LogP contribution in [0.15, 0.2) is 54.6 Å². The molecule has 0 fully saturated rings. The average Bonchev–Trinajstić information content (AvgIpc) is 2.74. The van der Waals surface area contributed by atoms with Crippen molar-refractivity contribution in [2.75, 3.05) is 13.2 Å². The minimum Gasteiger partial charge on any atom is -0.481 e. The van der Waals surface area contributed by atoms with E-state index in [1.807, 2.05) is 0 Å². The van der Waals surface area contributed by atoms with E-state index in [4.69, 9.17) is 4.74 Å². The normalized spacial score (nSPS) is 10.7. The van der Waals surface area contributed by atoms with Gasteiger partial charge < -0.3 is 10.1 Å². The van der Waals surface area contributed by atoms with Crippen LogP contribution in [0.5, 0.6) is 5.75 Å². The van der Waals surface area contributed by atoms with Gasteiger partial charge in [0.05, 0.1) is 0 Å². The number of hydrogen-bond acceptors (Lipinski definition) is 2. The van der Waals surface area contributed by atoms with Crippen LogP contribution in [-0.4, -0.2) is 19.1 Å². The second-order valence-electron chi connectivity index (χ2n) is 6.90. The lowest BCUT2D eigenvalue weighted by Crippen LogP contribution is -2.28. The molecular formula is C24H21F4NO2. The highest BCUT2D eigenvalue weighted by atomic mass is 19.1. The number of nitrogens with one attached hydrogen (secondary N) is 1. The third-order valence-electron chi connectivity index (χ3n) is 4.73. The zero-order valence-electron chi connectivity index (χ0n) is 16.9. The first kappa shape index (κ1) is 22.3. The maximum absolute atomic E-state index is 14.7. The van der Waals surface area contributed by atoms with Crippen LogP contribution in [0.1, 0.15) is 18.1 Å². The monoisotopic (exact) mass is 431 g/mol. The Morgan fingerprint density at radius 2 is 1.65 bits per heavy atom. The van der Waals surface area contributed by atoms with Crippen molar-refractivity contribution in [2.24, 2.45) is 0 Å². The molecule has 0 aliphatic heterocycles. The Bertz CT molecular complexity index is 1090. The third kappa shape index (κ3) is 5.63. The van der Waals surface area contributed by atoms with Gasteiger partial charge in [0.1, 0.15) is 17.5 Å². The van der Waals surface area contributed by atoms with Crippen LogP contribution in [0.4, 0.5) is 17.6 Å². The van der Waals surface area contributed by atoms with Gasteiger partial charge in [0, 0.05) is 12.1 Å². The second kappa shape index (κ2) is 10.1. The van der Waals surface area contributed by atoms with Gasteiger partial charge in [0.15, 0.2) is 18.2 Å². The maximum atomic E-state index is 14.7. The molecule has 1 N–H and O–H groups in total. The van der Waals surface area contributed by atoms with Crippen LogP contribution in [0.25, 0.3) is 11.1 Å². The molecule has 0 aliphatic carbocycles. The SMILES string of the molecule is CCNC(=O)COc1ccc(F)c(CCc2cc(-c3cccc(F)c3)ccc2F)c1F. The van der Waals surface area contributed by atoms with E-state index in [0.29, 0.717) is 17.7 Å². The van der Waals surface area contributed by atoms with Crippen LogP contribution >= 0.6 is 0 Å². The quantitative estimate of drug-likeness (QED) is 0.498. The molecule has 162 valence electrons. The topological polar surface area (TPSA) is 38.3 Å². The van der Waals surface area contributed by atoms with Crippen LogP contribution in [0.2, 0.25) is 0 Å². The number of ether oxygens (including phenoxy) is 1. The standard InChI is InChI=1S/C24H21F4NO2/c1-2-29-23(30)14-31-22-11-10-21(27)19(24(22)28)8-6-17-12-16(7-9-20(17)26)15-4-3-5-18(25)13-15/h3-5,7,9-13H,2,6,8,14H2,1H3,(H,29,30). The van der Waals surface area contributed by atoms with Gasteiger partial charge in [-0.1, -0.05) is 18.2 Å². The van der Waals surface area contributed by atoms with Gasteiger partial charge in [-0.2, -0.15) is 0 Å². The Balaban J connectivity index is 1.78. The van der Waals surface area contributed by atoms with Crippen LogP contribution in [-0.2, 0) is 17.6 Å². The molecule has 0 unspecified atom stereocenters. The summed E-state index contributed by atoms with van der Waals surface area (Å²) in [5.74, 6) is -3.34. The van der Waals surface area contributed by atoms with Gasteiger partial charge in [0.2, 0.25) is 0 Å². The number of likely N-dealkylation sites (N-methyl/N-ethyl adjacent to an activating group) is 1.